The van der Waals surface area contributed by atoms with Crippen molar-refractivity contribution in [1.29, 1.82) is 0 Å². The van der Waals surface area contributed by atoms with E-state index < -0.39 is 0 Å². The molecule has 1 saturated carbocycles. The summed E-state index contributed by atoms with van der Waals surface area (Å²) in [6.45, 7) is 4.60. The predicted octanol–water partition coefficient (Wildman–Crippen LogP) is 7.80. The van der Waals surface area contributed by atoms with Gasteiger partial charge < -0.3 is 0 Å². The van der Waals surface area contributed by atoms with Crippen molar-refractivity contribution in [1.82, 2.24) is 0 Å². The average molecular weight is 341 g/mol. The van der Waals surface area contributed by atoms with Gasteiger partial charge in [0.25, 0.3) is 0 Å². The van der Waals surface area contributed by atoms with Crippen molar-refractivity contribution < 1.29 is 0 Å². The second kappa shape index (κ2) is 9.18. The molecule has 2 atom stereocenters. The summed E-state index contributed by atoms with van der Waals surface area (Å²) in [5.41, 5.74) is 2.51. The SMILES string of the molecule is CCCCCCCCc1c(Cl)cc(C2CCC(C)C2)cc1Cl. The van der Waals surface area contributed by atoms with Gasteiger partial charge in [-0.25, -0.2) is 0 Å². The first kappa shape index (κ1) is 18.1. The third kappa shape index (κ3) is 5.17. The van der Waals surface area contributed by atoms with Crippen LogP contribution in [0.25, 0.3) is 0 Å². The van der Waals surface area contributed by atoms with Crippen molar-refractivity contribution in [2.24, 2.45) is 5.92 Å². The lowest BCUT2D eigenvalue weighted by Crippen LogP contribution is -1.97. The molecule has 0 bridgehead atoms. The minimum atomic E-state index is 0.660. The first-order chi connectivity index (χ1) is 10.6. The summed E-state index contributed by atoms with van der Waals surface area (Å²) in [4.78, 5) is 0. The molecule has 0 heterocycles. The van der Waals surface area contributed by atoms with Gasteiger partial charge in [0.1, 0.15) is 0 Å². The van der Waals surface area contributed by atoms with Gasteiger partial charge in [0.05, 0.1) is 0 Å². The molecule has 124 valence electrons. The molecule has 0 aliphatic heterocycles. The van der Waals surface area contributed by atoms with Crippen LogP contribution in [-0.4, -0.2) is 0 Å². The first-order valence-electron chi connectivity index (χ1n) is 9.09. The number of unbranched alkanes of at least 4 members (excludes halogenated alkanes) is 5. The summed E-state index contributed by atoms with van der Waals surface area (Å²) in [6, 6.07) is 4.37. The molecule has 1 fully saturated rings. The van der Waals surface area contributed by atoms with Gasteiger partial charge in [0.15, 0.2) is 0 Å². The van der Waals surface area contributed by atoms with Gasteiger partial charge >= 0.3 is 0 Å². The van der Waals surface area contributed by atoms with E-state index in [0.717, 1.165) is 27.9 Å². The Morgan fingerprint density at radius 1 is 0.955 bits per heavy atom. The molecule has 2 unspecified atom stereocenters. The Kier molecular flexibility index (Phi) is 7.57. The number of benzene rings is 1. The van der Waals surface area contributed by atoms with Gasteiger partial charge in [-0.15, -0.1) is 0 Å². The van der Waals surface area contributed by atoms with Crippen molar-refractivity contribution in [2.75, 3.05) is 0 Å². The number of hydrogen-bond acceptors (Lipinski definition) is 0. The highest BCUT2D eigenvalue weighted by Gasteiger charge is 2.24. The van der Waals surface area contributed by atoms with E-state index in [1.54, 1.807) is 0 Å². The molecular weight excluding hydrogens is 311 g/mol. The number of rotatable bonds is 8. The molecule has 1 aliphatic carbocycles. The maximum atomic E-state index is 6.53. The summed E-state index contributed by atoms with van der Waals surface area (Å²) < 4.78 is 0. The molecular formula is C20H30Cl2. The summed E-state index contributed by atoms with van der Waals surface area (Å²) in [7, 11) is 0. The molecule has 1 aromatic rings. The summed E-state index contributed by atoms with van der Waals surface area (Å²) in [5, 5.41) is 1.77. The Morgan fingerprint density at radius 3 is 2.18 bits per heavy atom. The van der Waals surface area contributed by atoms with E-state index in [4.69, 9.17) is 23.2 Å². The van der Waals surface area contributed by atoms with Crippen LogP contribution < -0.4 is 0 Å². The quantitative estimate of drug-likeness (QED) is 0.423. The standard InChI is InChI=1S/C20H30Cl2/c1-3-4-5-6-7-8-9-18-19(21)13-17(14-20(18)22)16-11-10-15(2)12-16/h13-16H,3-12H2,1-2H3. The topological polar surface area (TPSA) is 0 Å². The summed E-state index contributed by atoms with van der Waals surface area (Å²) >= 11 is 13.1. The maximum Gasteiger partial charge on any atom is 0.0455 e. The van der Waals surface area contributed by atoms with E-state index >= 15 is 0 Å². The van der Waals surface area contributed by atoms with E-state index in [0.29, 0.717) is 5.92 Å². The van der Waals surface area contributed by atoms with Gasteiger partial charge in [0.2, 0.25) is 0 Å². The molecule has 0 spiro atoms. The van der Waals surface area contributed by atoms with Crippen molar-refractivity contribution in [3.8, 4) is 0 Å². The van der Waals surface area contributed by atoms with Gasteiger partial charge in [-0.2, -0.15) is 0 Å². The molecule has 22 heavy (non-hydrogen) atoms. The van der Waals surface area contributed by atoms with E-state index in [1.807, 2.05) is 0 Å². The van der Waals surface area contributed by atoms with Crippen LogP contribution in [-0.2, 0) is 6.42 Å². The molecule has 2 rings (SSSR count). The summed E-state index contributed by atoms with van der Waals surface area (Å²) in [5.74, 6) is 1.50. The fourth-order valence-electron chi connectivity index (χ4n) is 3.69. The van der Waals surface area contributed by atoms with Crippen LogP contribution in [0.3, 0.4) is 0 Å². The molecule has 2 heteroatoms. The fraction of sp³-hybridized carbons (Fsp3) is 0.700. The molecule has 0 nitrogen and oxygen atoms in total. The maximum absolute atomic E-state index is 6.53. The second-order valence-corrected chi connectivity index (χ2v) is 7.91. The molecule has 0 amide bonds. The lowest BCUT2D eigenvalue weighted by atomic mass is 9.94. The fourth-order valence-corrected chi connectivity index (χ4v) is 4.38. The van der Waals surface area contributed by atoms with Crippen molar-refractivity contribution >= 4 is 23.2 Å². The highest BCUT2D eigenvalue weighted by molar-refractivity contribution is 6.36. The largest absolute Gasteiger partial charge is 0.0840 e. The van der Waals surface area contributed by atoms with Gasteiger partial charge in [-0.3, -0.25) is 0 Å². The van der Waals surface area contributed by atoms with Gasteiger partial charge in [0, 0.05) is 10.0 Å². The van der Waals surface area contributed by atoms with E-state index in [1.165, 1.54) is 63.4 Å². The zero-order valence-electron chi connectivity index (χ0n) is 14.1. The monoisotopic (exact) mass is 340 g/mol. The lowest BCUT2D eigenvalue weighted by Gasteiger charge is -2.14. The van der Waals surface area contributed by atoms with Crippen LogP contribution >= 0.6 is 23.2 Å². The zero-order valence-corrected chi connectivity index (χ0v) is 15.6. The predicted molar refractivity (Wildman–Crippen MR) is 99.3 cm³/mol. The number of halogens is 2. The third-order valence-corrected chi connectivity index (χ3v) is 5.78. The van der Waals surface area contributed by atoms with Crippen molar-refractivity contribution in [2.45, 2.75) is 84.0 Å². The molecule has 0 radical (unpaired) electrons. The Balaban J connectivity index is 1.89. The first-order valence-corrected chi connectivity index (χ1v) is 9.85. The Morgan fingerprint density at radius 2 is 1.59 bits per heavy atom. The second-order valence-electron chi connectivity index (χ2n) is 7.10. The molecule has 0 N–H and O–H groups in total. The highest BCUT2D eigenvalue weighted by atomic mass is 35.5. The van der Waals surface area contributed by atoms with Crippen LogP contribution in [0, 0.1) is 5.92 Å². The van der Waals surface area contributed by atoms with Crippen LogP contribution in [0.5, 0.6) is 0 Å². The van der Waals surface area contributed by atoms with E-state index in [-0.39, 0.29) is 0 Å². The Labute approximate surface area is 146 Å². The molecule has 0 saturated heterocycles. The van der Waals surface area contributed by atoms with Gasteiger partial charge in [-0.1, -0.05) is 75.6 Å². The van der Waals surface area contributed by atoms with E-state index in [2.05, 4.69) is 26.0 Å². The average Bonchev–Trinajstić information content (AvgIpc) is 2.91. The molecule has 1 aromatic carbocycles. The third-order valence-electron chi connectivity index (χ3n) is 5.11. The highest BCUT2D eigenvalue weighted by Crippen LogP contribution is 2.40. The smallest absolute Gasteiger partial charge is 0.0455 e. The normalized spacial score (nSPS) is 21.5. The van der Waals surface area contributed by atoms with Crippen LogP contribution in [0.4, 0.5) is 0 Å². The van der Waals surface area contributed by atoms with Crippen LogP contribution in [0.15, 0.2) is 12.1 Å². The van der Waals surface area contributed by atoms with Crippen molar-refractivity contribution in [3.05, 3.63) is 33.3 Å². The minimum absolute atomic E-state index is 0.660. The van der Waals surface area contributed by atoms with Crippen molar-refractivity contribution in [3.63, 3.8) is 0 Å². The minimum Gasteiger partial charge on any atom is -0.0840 e. The summed E-state index contributed by atoms with van der Waals surface area (Å²) in [6.07, 6.45) is 12.8. The lowest BCUT2D eigenvalue weighted by molar-refractivity contribution is 0.596. The van der Waals surface area contributed by atoms with E-state index in [9.17, 15) is 0 Å². The molecule has 1 aliphatic rings. The Bertz CT molecular complexity index is 444. The molecule has 0 aromatic heterocycles. The Hall–Kier alpha value is -0.200. The zero-order chi connectivity index (χ0) is 15.9. The van der Waals surface area contributed by atoms with Crippen LogP contribution in [0.1, 0.15) is 88.7 Å². The van der Waals surface area contributed by atoms with Gasteiger partial charge in [-0.05, 0) is 60.8 Å². The van der Waals surface area contributed by atoms with Crippen LogP contribution in [0.2, 0.25) is 10.0 Å². The number of hydrogen-bond donors (Lipinski definition) is 0.